The van der Waals surface area contributed by atoms with Gasteiger partial charge in [0.15, 0.2) is 17.3 Å². The molecule has 1 aliphatic heterocycles. The minimum absolute atomic E-state index is 0.0407. The van der Waals surface area contributed by atoms with Gasteiger partial charge in [0.05, 0.1) is 18.8 Å². The first-order valence-corrected chi connectivity index (χ1v) is 6.38. The number of rotatable bonds is 5. The molecule has 1 heterocycles. The molecular formula is C14H19NO5. The van der Waals surface area contributed by atoms with Crippen molar-refractivity contribution >= 4 is 5.78 Å². The fourth-order valence-electron chi connectivity index (χ4n) is 2.39. The fourth-order valence-corrected chi connectivity index (χ4v) is 2.39. The lowest BCUT2D eigenvalue weighted by atomic mass is 10.1. The van der Waals surface area contributed by atoms with Gasteiger partial charge in [-0.2, -0.15) is 0 Å². The van der Waals surface area contributed by atoms with Crippen LogP contribution in [-0.4, -0.2) is 67.0 Å². The van der Waals surface area contributed by atoms with Crippen molar-refractivity contribution in [3.8, 4) is 11.5 Å². The molecule has 2 rings (SSSR count). The zero-order valence-corrected chi connectivity index (χ0v) is 11.6. The predicted molar refractivity (Wildman–Crippen MR) is 72.1 cm³/mol. The number of nitrogens with zero attached hydrogens (tertiary/aromatic N) is 1. The summed E-state index contributed by atoms with van der Waals surface area (Å²) in [7, 11) is 3.25. The molecule has 0 bridgehead atoms. The number of ketones is 1. The Morgan fingerprint density at radius 2 is 1.80 bits per heavy atom. The Hall–Kier alpha value is -1.63. The maximum Gasteiger partial charge on any atom is 0.176 e. The van der Waals surface area contributed by atoms with Crippen LogP contribution in [0.3, 0.4) is 0 Å². The van der Waals surface area contributed by atoms with Crippen molar-refractivity contribution in [1.29, 1.82) is 0 Å². The molecule has 2 atom stereocenters. The van der Waals surface area contributed by atoms with Gasteiger partial charge in [0.1, 0.15) is 0 Å². The number of carbonyl (C=O) groups excluding carboxylic acids is 1. The smallest absolute Gasteiger partial charge is 0.176 e. The van der Waals surface area contributed by atoms with E-state index in [4.69, 9.17) is 9.47 Å². The summed E-state index contributed by atoms with van der Waals surface area (Å²) in [5, 5.41) is 18.7. The van der Waals surface area contributed by atoms with Crippen molar-refractivity contribution in [2.24, 2.45) is 0 Å². The molecular weight excluding hydrogens is 262 g/mol. The molecule has 0 aromatic heterocycles. The van der Waals surface area contributed by atoms with E-state index >= 15 is 0 Å². The molecule has 1 saturated heterocycles. The Balaban J connectivity index is 2.00. The number of aromatic hydroxyl groups is 2. The average molecular weight is 281 g/mol. The van der Waals surface area contributed by atoms with Crippen LogP contribution in [0.1, 0.15) is 10.4 Å². The number of phenolic OH excluding ortho intramolecular Hbond substituents is 2. The van der Waals surface area contributed by atoms with Crippen molar-refractivity contribution in [2.45, 2.75) is 12.2 Å². The van der Waals surface area contributed by atoms with Gasteiger partial charge in [-0.05, 0) is 18.2 Å². The summed E-state index contributed by atoms with van der Waals surface area (Å²) < 4.78 is 10.6. The van der Waals surface area contributed by atoms with Crippen molar-refractivity contribution in [3.05, 3.63) is 23.8 Å². The second kappa shape index (κ2) is 6.21. The van der Waals surface area contributed by atoms with Gasteiger partial charge in [-0.15, -0.1) is 0 Å². The molecule has 1 aliphatic rings. The lowest BCUT2D eigenvalue weighted by Crippen LogP contribution is -2.29. The van der Waals surface area contributed by atoms with Crippen molar-refractivity contribution < 1.29 is 24.5 Å². The lowest BCUT2D eigenvalue weighted by molar-refractivity contribution is -0.00461. The highest BCUT2D eigenvalue weighted by molar-refractivity contribution is 5.98. The summed E-state index contributed by atoms with van der Waals surface area (Å²) in [4.78, 5) is 14.1. The van der Waals surface area contributed by atoms with E-state index in [1.807, 2.05) is 4.90 Å². The Kier molecular flexibility index (Phi) is 4.59. The Morgan fingerprint density at radius 1 is 1.20 bits per heavy atom. The molecule has 110 valence electrons. The third-order valence-corrected chi connectivity index (χ3v) is 3.56. The molecule has 6 nitrogen and oxygen atoms in total. The minimum Gasteiger partial charge on any atom is -0.504 e. The molecule has 0 aliphatic carbocycles. The minimum atomic E-state index is -0.290. The van der Waals surface area contributed by atoms with Crippen molar-refractivity contribution in [1.82, 2.24) is 4.90 Å². The van der Waals surface area contributed by atoms with Gasteiger partial charge >= 0.3 is 0 Å². The second-order valence-corrected chi connectivity index (χ2v) is 4.87. The molecule has 2 unspecified atom stereocenters. The largest absolute Gasteiger partial charge is 0.504 e. The van der Waals surface area contributed by atoms with Crippen molar-refractivity contribution in [3.63, 3.8) is 0 Å². The highest BCUT2D eigenvalue weighted by Crippen LogP contribution is 2.25. The first kappa shape index (κ1) is 14.8. The maximum absolute atomic E-state index is 12.1. The third-order valence-electron chi connectivity index (χ3n) is 3.56. The summed E-state index contributed by atoms with van der Waals surface area (Å²) in [6, 6.07) is 4.08. The second-order valence-electron chi connectivity index (χ2n) is 4.87. The number of Topliss-reactive ketones (excluding diaryl/α,β-unsaturated/α-hetero) is 1. The molecule has 0 amide bonds. The Bertz CT molecular complexity index is 478. The van der Waals surface area contributed by atoms with E-state index in [2.05, 4.69) is 0 Å². The van der Waals surface area contributed by atoms with Crippen LogP contribution in [0.25, 0.3) is 0 Å². The van der Waals surface area contributed by atoms with Gasteiger partial charge in [0, 0.05) is 32.9 Å². The standard InChI is InChI=1S/C14H19NO5/c1-19-13-7-15(8-14(13)20-2)6-12(18)9-3-4-10(16)11(17)5-9/h3-5,13-14,16-17H,6-8H2,1-2H3. The molecule has 0 spiro atoms. The molecule has 6 heteroatoms. The fraction of sp³-hybridized carbons (Fsp3) is 0.500. The zero-order valence-electron chi connectivity index (χ0n) is 11.6. The average Bonchev–Trinajstić information content (AvgIpc) is 2.83. The maximum atomic E-state index is 12.1. The van der Waals surface area contributed by atoms with E-state index < -0.39 is 0 Å². The number of hydrogen-bond acceptors (Lipinski definition) is 6. The lowest BCUT2D eigenvalue weighted by Gasteiger charge is -2.14. The van der Waals surface area contributed by atoms with E-state index in [0.717, 1.165) is 0 Å². The highest BCUT2D eigenvalue weighted by Gasteiger charge is 2.33. The number of benzene rings is 1. The van der Waals surface area contributed by atoms with Crippen LogP contribution in [-0.2, 0) is 9.47 Å². The summed E-state index contributed by atoms with van der Waals surface area (Å²) in [6.07, 6.45) is -0.0814. The van der Waals surface area contributed by atoms with Crippen LogP contribution >= 0.6 is 0 Å². The normalized spacial score (nSPS) is 23.1. The molecule has 1 fully saturated rings. The third kappa shape index (κ3) is 3.09. The van der Waals surface area contributed by atoms with Crippen molar-refractivity contribution in [2.75, 3.05) is 33.9 Å². The molecule has 0 saturated carbocycles. The topological polar surface area (TPSA) is 79.2 Å². The number of hydrogen-bond donors (Lipinski definition) is 2. The number of carbonyl (C=O) groups is 1. The van der Waals surface area contributed by atoms with Crippen LogP contribution in [0.15, 0.2) is 18.2 Å². The van der Waals surface area contributed by atoms with E-state index in [9.17, 15) is 15.0 Å². The number of phenols is 2. The molecule has 20 heavy (non-hydrogen) atoms. The zero-order chi connectivity index (χ0) is 14.7. The first-order valence-electron chi connectivity index (χ1n) is 6.38. The SMILES string of the molecule is COC1CN(CC(=O)c2ccc(O)c(O)c2)CC1OC. The van der Waals surface area contributed by atoms with Gasteiger partial charge in [-0.25, -0.2) is 0 Å². The number of likely N-dealkylation sites (tertiary alicyclic amines) is 1. The van der Waals surface area contributed by atoms with Crippen LogP contribution in [0, 0.1) is 0 Å². The highest BCUT2D eigenvalue weighted by atomic mass is 16.5. The number of methoxy groups -OCH3 is 2. The number of ether oxygens (including phenoxy) is 2. The van der Waals surface area contributed by atoms with Gasteiger partial charge in [-0.3, -0.25) is 9.69 Å². The summed E-state index contributed by atoms with van der Waals surface area (Å²) in [5.74, 6) is -0.643. The molecule has 1 aromatic rings. The monoisotopic (exact) mass is 281 g/mol. The Morgan fingerprint density at radius 3 is 2.30 bits per heavy atom. The van der Waals surface area contributed by atoms with Crippen LogP contribution in [0.5, 0.6) is 11.5 Å². The summed E-state index contributed by atoms with van der Waals surface area (Å²) in [5.41, 5.74) is 0.370. The molecule has 1 aromatic carbocycles. The Labute approximate surface area is 117 Å². The van der Waals surface area contributed by atoms with Gasteiger partial charge < -0.3 is 19.7 Å². The first-order chi connectivity index (χ1) is 9.55. The van der Waals surface area contributed by atoms with E-state index in [1.165, 1.54) is 18.2 Å². The molecule has 2 N–H and O–H groups in total. The van der Waals surface area contributed by atoms with Gasteiger partial charge in [0.25, 0.3) is 0 Å². The predicted octanol–water partition coefficient (Wildman–Crippen LogP) is 0.626. The van der Waals surface area contributed by atoms with Crippen LogP contribution in [0.4, 0.5) is 0 Å². The van der Waals surface area contributed by atoms with Gasteiger partial charge in [0.2, 0.25) is 0 Å². The van der Waals surface area contributed by atoms with Gasteiger partial charge in [-0.1, -0.05) is 0 Å². The van der Waals surface area contributed by atoms with Crippen LogP contribution in [0.2, 0.25) is 0 Å². The van der Waals surface area contributed by atoms with E-state index in [0.29, 0.717) is 18.7 Å². The molecule has 0 radical (unpaired) electrons. The summed E-state index contributed by atoms with van der Waals surface area (Å²) >= 11 is 0. The van der Waals surface area contributed by atoms with Crippen LogP contribution < -0.4 is 0 Å². The van der Waals surface area contributed by atoms with E-state index in [-0.39, 0.29) is 36.0 Å². The van der Waals surface area contributed by atoms with E-state index in [1.54, 1.807) is 14.2 Å². The quantitative estimate of drug-likeness (QED) is 0.608. The summed E-state index contributed by atoms with van der Waals surface area (Å²) in [6.45, 7) is 1.49.